The Morgan fingerprint density at radius 2 is 1.44 bits per heavy atom. The van der Waals surface area contributed by atoms with Gasteiger partial charge in [-0.2, -0.15) is 0 Å². The van der Waals surface area contributed by atoms with Crippen LogP contribution in [-0.4, -0.2) is 4.98 Å². The first kappa shape index (κ1) is 17.5. The summed E-state index contributed by atoms with van der Waals surface area (Å²) in [4.78, 5) is 4.61. The van der Waals surface area contributed by atoms with Crippen LogP contribution >= 0.6 is 0 Å². The third-order valence-corrected chi connectivity index (χ3v) is 5.09. The molecule has 2 heterocycles. The molecule has 0 saturated heterocycles. The smallest absolute Gasteiger partial charge is 0.153 e. The van der Waals surface area contributed by atoms with Gasteiger partial charge in [0.1, 0.15) is 5.76 Å². The van der Waals surface area contributed by atoms with E-state index in [4.69, 9.17) is 4.42 Å². The number of pyridine rings is 1. The molecule has 2 aromatic carbocycles. The number of benzene rings is 2. The minimum Gasteiger partial charge on any atom is -0.454 e. The second-order valence-electron chi connectivity index (χ2n) is 7.70. The first-order chi connectivity index (χ1) is 13.0. The molecular formula is C25H25NO. The Morgan fingerprint density at radius 1 is 0.778 bits per heavy atom. The van der Waals surface area contributed by atoms with Crippen LogP contribution in [-0.2, 0) is 0 Å². The zero-order valence-corrected chi connectivity index (χ0v) is 16.4. The second kappa shape index (κ2) is 7.03. The van der Waals surface area contributed by atoms with Crippen molar-refractivity contribution < 1.29 is 4.42 Å². The summed E-state index contributed by atoms with van der Waals surface area (Å²) in [5.41, 5.74) is 6.81. The van der Waals surface area contributed by atoms with E-state index in [0.29, 0.717) is 11.8 Å². The average Bonchev–Trinajstić information content (AvgIpc) is 3.11. The van der Waals surface area contributed by atoms with Crippen LogP contribution in [0, 0.1) is 0 Å². The Hall–Kier alpha value is -2.87. The van der Waals surface area contributed by atoms with Gasteiger partial charge in [-0.1, -0.05) is 76.2 Å². The van der Waals surface area contributed by atoms with Crippen molar-refractivity contribution in [3.8, 4) is 22.6 Å². The van der Waals surface area contributed by atoms with Gasteiger partial charge < -0.3 is 4.42 Å². The number of furan rings is 1. The predicted octanol–water partition coefficient (Wildman–Crippen LogP) is 7.41. The summed E-state index contributed by atoms with van der Waals surface area (Å²) >= 11 is 0. The number of nitrogens with zero attached hydrogens (tertiary/aromatic N) is 1. The topological polar surface area (TPSA) is 26.0 Å². The lowest BCUT2D eigenvalue weighted by molar-refractivity contribution is 0.625. The summed E-state index contributed by atoms with van der Waals surface area (Å²) in [6, 6.07) is 21.1. The highest BCUT2D eigenvalue weighted by Crippen LogP contribution is 2.39. The standard InChI is InChI=1S/C25H25NO/c1-16(2)20-11-8-12-21(17(3)4)25(20)23-14-19-13-22(26-15-24(19)27-23)18-9-6-5-7-10-18/h5-17H,1-4H3. The van der Waals surface area contributed by atoms with Crippen molar-refractivity contribution >= 4 is 11.0 Å². The Morgan fingerprint density at radius 3 is 2.07 bits per heavy atom. The Balaban J connectivity index is 1.88. The highest BCUT2D eigenvalue weighted by molar-refractivity contribution is 5.86. The maximum Gasteiger partial charge on any atom is 0.153 e. The summed E-state index contributed by atoms with van der Waals surface area (Å²) in [5, 5.41) is 1.09. The molecule has 0 atom stereocenters. The first-order valence-corrected chi connectivity index (χ1v) is 9.62. The normalized spacial score (nSPS) is 11.6. The second-order valence-corrected chi connectivity index (χ2v) is 7.70. The number of hydrogen-bond donors (Lipinski definition) is 0. The third kappa shape index (κ3) is 3.28. The summed E-state index contributed by atoms with van der Waals surface area (Å²) in [7, 11) is 0. The van der Waals surface area contributed by atoms with Gasteiger partial charge in [-0.05, 0) is 35.1 Å². The molecule has 136 valence electrons. The predicted molar refractivity (Wildman–Crippen MR) is 113 cm³/mol. The molecule has 0 aliphatic carbocycles. The van der Waals surface area contributed by atoms with Gasteiger partial charge in [0, 0.05) is 16.5 Å². The van der Waals surface area contributed by atoms with Crippen LogP contribution in [0.25, 0.3) is 33.6 Å². The van der Waals surface area contributed by atoms with Crippen LogP contribution in [0.2, 0.25) is 0 Å². The molecule has 0 saturated carbocycles. The van der Waals surface area contributed by atoms with E-state index in [0.717, 1.165) is 28.0 Å². The molecule has 0 aliphatic rings. The molecule has 0 N–H and O–H groups in total. The van der Waals surface area contributed by atoms with Crippen LogP contribution in [0.3, 0.4) is 0 Å². The molecule has 4 aromatic rings. The van der Waals surface area contributed by atoms with Gasteiger partial charge >= 0.3 is 0 Å². The number of rotatable bonds is 4. The fraction of sp³-hybridized carbons (Fsp3) is 0.240. The van der Waals surface area contributed by atoms with Crippen molar-refractivity contribution in [2.24, 2.45) is 0 Å². The minimum absolute atomic E-state index is 0.435. The first-order valence-electron chi connectivity index (χ1n) is 9.62. The molecule has 4 rings (SSSR count). The molecule has 27 heavy (non-hydrogen) atoms. The van der Waals surface area contributed by atoms with Crippen molar-refractivity contribution in [1.29, 1.82) is 0 Å². The Labute approximate surface area is 160 Å². The van der Waals surface area contributed by atoms with Crippen molar-refractivity contribution in [2.75, 3.05) is 0 Å². The van der Waals surface area contributed by atoms with Gasteiger partial charge in [0.15, 0.2) is 5.58 Å². The summed E-state index contributed by atoms with van der Waals surface area (Å²) in [6.45, 7) is 8.95. The largest absolute Gasteiger partial charge is 0.454 e. The molecule has 2 heteroatoms. The van der Waals surface area contributed by atoms with Crippen LogP contribution in [0.4, 0.5) is 0 Å². The van der Waals surface area contributed by atoms with Crippen molar-refractivity contribution in [3.63, 3.8) is 0 Å². The van der Waals surface area contributed by atoms with E-state index in [-0.39, 0.29) is 0 Å². The number of hydrogen-bond acceptors (Lipinski definition) is 2. The quantitative estimate of drug-likeness (QED) is 0.381. The molecule has 0 radical (unpaired) electrons. The molecule has 2 nitrogen and oxygen atoms in total. The Kier molecular flexibility index (Phi) is 4.57. The highest BCUT2D eigenvalue weighted by Gasteiger charge is 2.19. The van der Waals surface area contributed by atoms with Crippen LogP contribution < -0.4 is 0 Å². The van der Waals surface area contributed by atoms with Crippen molar-refractivity contribution in [1.82, 2.24) is 4.98 Å². The molecule has 0 aliphatic heterocycles. The van der Waals surface area contributed by atoms with Crippen molar-refractivity contribution in [2.45, 2.75) is 39.5 Å². The maximum atomic E-state index is 6.26. The van der Waals surface area contributed by atoms with Gasteiger partial charge in [0.05, 0.1) is 11.9 Å². The van der Waals surface area contributed by atoms with Gasteiger partial charge in [-0.15, -0.1) is 0 Å². The molecule has 0 unspecified atom stereocenters. The zero-order valence-electron chi connectivity index (χ0n) is 16.4. The number of fused-ring (bicyclic) bond motifs is 1. The van der Waals surface area contributed by atoms with E-state index in [9.17, 15) is 0 Å². The lowest BCUT2D eigenvalue weighted by Gasteiger charge is -2.17. The summed E-state index contributed by atoms with van der Waals surface area (Å²) in [6.07, 6.45) is 1.84. The van der Waals surface area contributed by atoms with E-state index in [1.807, 2.05) is 24.4 Å². The van der Waals surface area contributed by atoms with E-state index < -0.39 is 0 Å². The van der Waals surface area contributed by atoms with Crippen LogP contribution in [0.5, 0.6) is 0 Å². The van der Waals surface area contributed by atoms with Crippen LogP contribution in [0.1, 0.15) is 50.7 Å². The zero-order chi connectivity index (χ0) is 19.0. The monoisotopic (exact) mass is 355 g/mol. The van der Waals surface area contributed by atoms with Gasteiger partial charge in [0.2, 0.25) is 0 Å². The minimum atomic E-state index is 0.435. The summed E-state index contributed by atoms with van der Waals surface area (Å²) in [5.74, 6) is 1.81. The summed E-state index contributed by atoms with van der Waals surface area (Å²) < 4.78 is 6.26. The molecule has 0 bridgehead atoms. The molecular weight excluding hydrogens is 330 g/mol. The van der Waals surface area contributed by atoms with Gasteiger partial charge in [0.25, 0.3) is 0 Å². The third-order valence-electron chi connectivity index (χ3n) is 5.09. The Bertz CT molecular complexity index is 1050. The lowest BCUT2D eigenvalue weighted by atomic mass is 9.87. The fourth-order valence-corrected chi connectivity index (χ4v) is 3.67. The molecule has 2 aromatic heterocycles. The van der Waals surface area contributed by atoms with Crippen molar-refractivity contribution in [3.05, 3.63) is 78.0 Å². The highest BCUT2D eigenvalue weighted by atomic mass is 16.3. The average molecular weight is 355 g/mol. The van der Waals surface area contributed by atoms with E-state index in [1.165, 1.54) is 16.7 Å². The molecule has 0 amide bonds. The van der Waals surface area contributed by atoms with E-state index >= 15 is 0 Å². The lowest BCUT2D eigenvalue weighted by Crippen LogP contribution is -1.98. The molecule has 0 fully saturated rings. The van der Waals surface area contributed by atoms with E-state index in [1.54, 1.807) is 0 Å². The van der Waals surface area contributed by atoms with Gasteiger partial charge in [-0.25, -0.2) is 0 Å². The van der Waals surface area contributed by atoms with E-state index in [2.05, 4.69) is 75.1 Å². The fourth-order valence-electron chi connectivity index (χ4n) is 3.67. The maximum absolute atomic E-state index is 6.26. The van der Waals surface area contributed by atoms with Crippen LogP contribution in [0.15, 0.2) is 71.3 Å². The molecule has 0 spiro atoms. The number of aromatic nitrogens is 1. The van der Waals surface area contributed by atoms with Gasteiger partial charge in [-0.3, -0.25) is 4.98 Å². The SMILES string of the molecule is CC(C)c1cccc(C(C)C)c1-c1cc2cc(-c3ccccc3)ncc2o1.